The number of nitrogens with one attached hydrogen (secondary N) is 1. The number of methoxy groups -OCH3 is 1. The Morgan fingerprint density at radius 1 is 1.15 bits per heavy atom. The fraction of sp³-hybridized carbons (Fsp3) is 0.294. The molecule has 4 rings (SSSR count). The predicted molar refractivity (Wildman–Crippen MR) is 92.5 cm³/mol. The van der Waals surface area contributed by atoms with E-state index in [2.05, 4.69) is 14.9 Å². The molecule has 0 saturated heterocycles. The molecule has 8 nitrogen and oxygen atoms in total. The Bertz CT molecular complexity index is 1050. The lowest BCUT2D eigenvalue weighted by Gasteiger charge is -2.10. The molecule has 26 heavy (non-hydrogen) atoms. The summed E-state index contributed by atoms with van der Waals surface area (Å²) in [6.07, 6.45) is 2.06. The molecule has 0 radical (unpaired) electrons. The van der Waals surface area contributed by atoms with Crippen molar-refractivity contribution in [2.24, 2.45) is 0 Å². The van der Waals surface area contributed by atoms with Crippen LogP contribution in [0.1, 0.15) is 30.2 Å². The van der Waals surface area contributed by atoms with Crippen LogP contribution in [0.15, 0.2) is 44.3 Å². The van der Waals surface area contributed by atoms with Crippen molar-refractivity contribution >= 4 is 15.7 Å². The van der Waals surface area contributed by atoms with Crippen LogP contribution in [0, 0.1) is 6.92 Å². The summed E-state index contributed by atoms with van der Waals surface area (Å²) in [7, 11) is -2.34. The lowest BCUT2D eigenvalue weighted by molar-refractivity contribution is 0.414. The van der Waals surface area contributed by atoms with Crippen LogP contribution < -0.4 is 9.46 Å². The maximum absolute atomic E-state index is 12.6. The topological polar surface area (TPSA) is 107 Å². The van der Waals surface area contributed by atoms with Gasteiger partial charge in [0, 0.05) is 5.92 Å². The van der Waals surface area contributed by atoms with E-state index in [4.69, 9.17) is 13.6 Å². The second kappa shape index (κ2) is 6.17. The third-order valence-electron chi connectivity index (χ3n) is 4.10. The summed E-state index contributed by atoms with van der Waals surface area (Å²) in [6.45, 7) is 1.78. The minimum absolute atomic E-state index is 0.175. The van der Waals surface area contributed by atoms with Gasteiger partial charge in [-0.3, -0.25) is 4.72 Å². The summed E-state index contributed by atoms with van der Waals surface area (Å²) in [5, 5.41) is 7.66. The minimum Gasteiger partial charge on any atom is -0.497 e. The van der Waals surface area contributed by atoms with Crippen LogP contribution in [0.3, 0.4) is 0 Å². The zero-order valence-corrected chi connectivity index (χ0v) is 15.0. The molecular weight excluding hydrogens is 358 g/mol. The fourth-order valence-corrected chi connectivity index (χ4v) is 3.55. The van der Waals surface area contributed by atoms with Gasteiger partial charge in [0.05, 0.1) is 12.8 Å². The Balaban J connectivity index is 1.57. The van der Waals surface area contributed by atoms with Crippen LogP contribution >= 0.6 is 0 Å². The van der Waals surface area contributed by atoms with E-state index in [1.165, 1.54) is 12.1 Å². The second-order valence-electron chi connectivity index (χ2n) is 6.12. The number of anilines is 1. The molecule has 1 aliphatic carbocycles. The minimum atomic E-state index is -3.89. The van der Waals surface area contributed by atoms with Crippen molar-refractivity contribution in [1.29, 1.82) is 0 Å². The molecule has 0 atom stereocenters. The fourth-order valence-electron chi connectivity index (χ4n) is 2.48. The summed E-state index contributed by atoms with van der Waals surface area (Å²) in [5.41, 5.74) is 1.17. The molecule has 0 aliphatic heterocycles. The highest BCUT2D eigenvalue weighted by Gasteiger charge is 2.30. The second-order valence-corrected chi connectivity index (χ2v) is 7.74. The first-order chi connectivity index (χ1) is 12.5. The molecule has 2 heterocycles. The molecule has 0 spiro atoms. The number of hydrogen-bond donors (Lipinski definition) is 1. The van der Waals surface area contributed by atoms with Crippen LogP contribution in [0.25, 0.3) is 11.7 Å². The lowest BCUT2D eigenvalue weighted by Crippen LogP contribution is -2.13. The number of aryl methyl sites for hydroxylation is 1. The van der Waals surface area contributed by atoms with Crippen molar-refractivity contribution in [2.45, 2.75) is 30.8 Å². The average Bonchev–Trinajstić information content (AvgIpc) is 3.13. The quantitative estimate of drug-likeness (QED) is 0.704. The van der Waals surface area contributed by atoms with E-state index in [1.54, 1.807) is 32.2 Å². The van der Waals surface area contributed by atoms with Crippen molar-refractivity contribution in [3.63, 3.8) is 0 Å². The molecule has 1 aromatic carbocycles. The van der Waals surface area contributed by atoms with Gasteiger partial charge in [-0.1, -0.05) is 0 Å². The molecule has 2 aromatic heterocycles. The smallest absolute Gasteiger partial charge is 0.295 e. The average molecular weight is 375 g/mol. The van der Waals surface area contributed by atoms with Gasteiger partial charge in [-0.05, 0) is 55.7 Å². The summed E-state index contributed by atoms with van der Waals surface area (Å²) in [6, 6.07) is 7.91. The molecule has 0 bridgehead atoms. The summed E-state index contributed by atoms with van der Waals surface area (Å²) in [4.78, 5) is 0. The van der Waals surface area contributed by atoms with Crippen LogP contribution in [0.4, 0.5) is 5.69 Å². The summed E-state index contributed by atoms with van der Waals surface area (Å²) in [5.74, 6) is 1.92. The number of ether oxygens (including phenoxy) is 1. The van der Waals surface area contributed by atoms with Gasteiger partial charge in [0.2, 0.25) is 11.0 Å². The SMILES string of the molecule is COc1ccc(NS(=O)(=O)c2ccc(-c3nnc(C4CC4)o3)o2)c(C)c1. The van der Waals surface area contributed by atoms with Gasteiger partial charge < -0.3 is 13.6 Å². The van der Waals surface area contributed by atoms with Gasteiger partial charge in [-0.15, -0.1) is 10.2 Å². The normalized spacial score (nSPS) is 14.4. The third kappa shape index (κ3) is 3.17. The number of hydrogen-bond acceptors (Lipinski definition) is 7. The standard InChI is InChI=1S/C17H17N3O5S/c1-10-9-12(23-2)5-6-13(10)20-26(21,22)15-8-7-14(24-15)17-19-18-16(25-17)11-3-4-11/h5-9,11,20H,3-4H2,1-2H3. The molecule has 9 heteroatoms. The maximum Gasteiger partial charge on any atom is 0.295 e. The van der Waals surface area contributed by atoms with Gasteiger partial charge in [0.25, 0.3) is 15.9 Å². The number of benzene rings is 1. The summed E-state index contributed by atoms with van der Waals surface area (Å²) >= 11 is 0. The van der Waals surface area contributed by atoms with Crippen molar-refractivity contribution in [1.82, 2.24) is 10.2 Å². The molecule has 1 saturated carbocycles. The van der Waals surface area contributed by atoms with Gasteiger partial charge in [-0.25, -0.2) is 0 Å². The van der Waals surface area contributed by atoms with Crippen LogP contribution in [0.2, 0.25) is 0 Å². The Kier molecular flexibility index (Phi) is 3.95. The Hall–Kier alpha value is -2.81. The highest BCUT2D eigenvalue weighted by Crippen LogP contribution is 2.40. The zero-order chi connectivity index (χ0) is 18.3. The lowest BCUT2D eigenvalue weighted by atomic mass is 10.2. The predicted octanol–water partition coefficient (Wildman–Crippen LogP) is 3.32. The molecule has 1 fully saturated rings. The Morgan fingerprint density at radius 2 is 1.96 bits per heavy atom. The summed E-state index contributed by atoms with van der Waals surface area (Å²) < 4.78 is 43.7. The van der Waals surface area contributed by atoms with E-state index in [-0.39, 0.29) is 16.7 Å². The van der Waals surface area contributed by atoms with Crippen molar-refractivity contribution in [2.75, 3.05) is 11.8 Å². The van der Waals surface area contributed by atoms with Crippen molar-refractivity contribution in [3.05, 3.63) is 41.8 Å². The van der Waals surface area contributed by atoms with E-state index in [1.807, 2.05) is 0 Å². The van der Waals surface area contributed by atoms with E-state index >= 15 is 0 Å². The van der Waals surface area contributed by atoms with Gasteiger partial charge >= 0.3 is 0 Å². The maximum atomic E-state index is 12.6. The molecule has 1 N–H and O–H groups in total. The van der Waals surface area contributed by atoms with Crippen LogP contribution in [-0.2, 0) is 10.0 Å². The number of rotatable bonds is 6. The highest BCUT2D eigenvalue weighted by atomic mass is 32.2. The van der Waals surface area contributed by atoms with Gasteiger partial charge in [-0.2, -0.15) is 8.42 Å². The Labute approximate surface area is 150 Å². The zero-order valence-electron chi connectivity index (χ0n) is 14.2. The van der Waals surface area contributed by atoms with E-state index < -0.39 is 10.0 Å². The monoisotopic (exact) mass is 375 g/mol. The first-order valence-electron chi connectivity index (χ1n) is 8.07. The van der Waals surface area contributed by atoms with E-state index in [0.717, 1.165) is 18.4 Å². The molecule has 0 unspecified atom stereocenters. The van der Waals surface area contributed by atoms with Gasteiger partial charge in [0.15, 0.2) is 5.76 Å². The molecule has 0 amide bonds. The molecule has 136 valence electrons. The van der Waals surface area contributed by atoms with Crippen LogP contribution in [-0.4, -0.2) is 25.7 Å². The van der Waals surface area contributed by atoms with E-state index in [9.17, 15) is 8.42 Å². The van der Waals surface area contributed by atoms with Gasteiger partial charge in [0.1, 0.15) is 5.75 Å². The third-order valence-corrected chi connectivity index (χ3v) is 5.34. The number of sulfonamides is 1. The molecule has 3 aromatic rings. The first-order valence-corrected chi connectivity index (χ1v) is 9.55. The largest absolute Gasteiger partial charge is 0.497 e. The molecule has 1 aliphatic rings. The number of nitrogens with zero attached hydrogens (tertiary/aromatic N) is 2. The van der Waals surface area contributed by atoms with E-state index in [0.29, 0.717) is 23.2 Å². The van der Waals surface area contributed by atoms with Crippen molar-refractivity contribution in [3.8, 4) is 17.4 Å². The Morgan fingerprint density at radius 3 is 2.65 bits per heavy atom. The number of furan rings is 1. The first kappa shape index (κ1) is 16.6. The molecular formula is C17H17N3O5S. The van der Waals surface area contributed by atoms with Crippen LogP contribution in [0.5, 0.6) is 5.75 Å². The number of aromatic nitrogens is 2. The van der Waals surface area contributed by atoms with Crippen molar-refractivity contribution < 1.29 is 22.0 Å². The highest BCUT2D eigenvalue weighted by molar-refractivity contribution is 7.92.